The summed E-state index contributed by atoms with van der Waals surface area (Å²) in [5.74, 6) is 1.59. The second-order valence-electron chi connectivity index (χ2n) is 5.69. The number of nitrogens with one attached hydrogen (secondary N) is 1. The lowest BCUT2D eigenvalue weighted by atomic mass is 10.1. The lowest BCUT2D eigenvalue weighted by Crippen LogP contribution is -2.33. The second-order valence-corrected chi connectivity index (χ2v) is 6.09. The topological polar surface area (TPSA) is 21.3 Å². The molecule has 0 heterocycles. The summed E-state index contributed by atoms with van der Waals surface area (Å²) in [5, 5.41) is 4.30. The first-order valence-corrected chi connectivity index (χ1v) is 8.10. The molecule has 0 aliphatic carbocycles. The number of benzene rings is 1. The summed E-state index contributed by atoms with van der Waals surface area (Å²) in [4.78, 5) is 0. The molecule has 1 N–H and O–H groups in total. The van der Waals surface area contributed by atoms with Gasteiger partial charge in [0.2, 0.25) is 0 Å². The number of hydrogen-bond donors (Lipinski definition) is 1. The van der Waals surface area contributed by atoms with E-state index in [-0.39, 0.29) is 6.10 Å². The first-order chi connectivity index (χ1) is 9.56. The Morgan fingerprint density at radius 1 is 1.20 bits per heavy atom. The summed E-state index contributed by atoms with van der Waals surface area (Å²) in [6, 6.07) is 5.96. The number of aryl methyl sites for hydroxylation is 1. The first kappa shape index (κ1) is 17.3. The Morgan fingerprint density at radius 2 is 1.95 bits per heavy atom. The van der Waals surface area contributed by atoms with E-state index in [1.165, 1.54) is 0 Å². The molecule has 1 unspecified atom stereocenters. The highest BCUT2D eigenvalue weighted by Gasteiger charge is 2.10. The zero-order valence-electron chi connectivity index (χ0n) is 13.2. The van der Waals surface area contributed by atoms with Crippen LogP contribution in [0.4, 0.5) is 0 Å². The number of rotatable bonds is 9. The van der Waals surface area contributed by atoms with Gasteiger partial charge in [-0.05, 0) is 49.1 Å². The van der Waals surface area contributed by atoms with Gasteiger partial charge >= 0.3 is 0 Å². The van der Waals surface area contributed by atoms with Crippen molar-refractivity contribution in [1.29, 1.82) is 0 Å². The van der Waals surface area contributed by atoms with Gasteiger partial charge < -0.3 is 10.1 Å². The minimum absolute atomic E-state index is 0.227. The maximum Gasteiger partial charge on any atom is 0.120 e. The minimum atomic E-state index is 0.227. The zero-order valence-corrected chi connectivity index (χ0v) is 14.0. The molecule has 3 heteroatoms. The van der Waals surface area contributed by atoms with Gasteiger partial charge in [-0.15, -0.1) is 0 Å². The number of ether oxygens (including phenoxy) is 1. The van der Waals surface area contributed by atoms with Crippen molar-refractivity contribution in [2.45, 2.75) is 53.1 Å². The third-order valence-corrected chi connectivity index (χ3v) is 3.60. The number of halogens is 1. The van der Waals surface area contributed by atoms with E-state index in [2.05, 4.69) is 39.1 Å². The van der Waals surface area contributed by atoms with E-state index in [0.29, 0.717) is 5.92 Å². The van der Waals surface area contributed by atoms with Crippen LogP contribution in [0, 0.1) is 5.92 Å². The van der Waals surface area contributed by atoms with E-state index >= 15 is 0 Å². The predicted molar refractivity (Wildman–Crippen MR) is 87.9 cm³/mol. The van der Waals surface area contributed by atoms with E-state index in [4.69, 9.17) is 16.3 Å². The molecule has 0 amide bonds. The molecule has 1 aromatic carbocycles. The van der Waals surface area contributed by atoms with Crippen molar-refractivity contribution >= 4 is 11.6 Å². The van der Waals surface area contributed by atoms with Crippen molar-refractivity contribution in [3.63, 3.8) is 0 Å². The molecule has 0 fully saturated rings. The van der Waals surface area contributed by atoms with E-state index in [1.54, 1.807) is 0 Å². The standard InChI is InChI=1S/C17H28ClNO/c1-5-7-16(12-19-11-13(3)4)20-15-8-9-17(18)14(6-2)10-15/h8-10,13,16,19H,5-7,11-12H2,1-4H3. The van der Waals surface area contributed by atoms with Gasteiger partial charge in [0, 0.05) is 11.6 Å². The molecule has 0 aliphatic rings. The lowest BCUT2D eigenvalue weighted by Gasteiger charge is -2.20. The van der Waals surface area contributed by atoms with Gasteiger partial charge in [-0.25, -0.2) is 0 Å². The van der Waals surface area contributed by atoms with Crippen LogP contribution >= 0.6 is 11.6 Å². The van der Waals surface area contributed by atoms with E-state index in [1.807, 2.05) is 12.1 Å². The zero-order chi connectivity index (χ0) is 15.0. The maximum atomic E-state index is 6.14. The van der Waals surface area contributed by atoms with Gasteiger partial charge in [0.1, 0.15) is 11.9 Å². The monoisotopic (exact) mass is 297 g/mol. The largest absolute Gasteiger partial charge is 0.489 e. The normalized spacial score (nSPS) is 12.7. The van der Waals surface area contributed by atoms with Crippen molar-refractivity contribution in [3.8, 4) is 5.75 Å². The van der Waals surface area contributed by atoms with Gasteiger partial charge in [0.25, 0.3) is 0 Å². The predicted octanol–water partition coefficient (Wildman–Crippen LogP) is 4.70. The van der Waals surface area contributed by atoms with Gasteiger partial charge in [-0.2, -0.15) is 0 Å². The van der Waals surface area contributed by atoms with Crippen LogP contribution in [0.1, 0.15) is 46.1 Å². The molecule has 0 radical (unpaired) electrons. The summed E-state index contributed by atoms with van der Waals surface area (Å²) >= 11 is 6.14. The summed E-state index contributed by atoms with van der Waals surface area (Å²) in [6.07, 6.45) is 3.35. The van der Waals surface area contributed by atoms with Crippen LogP contribution in [0.15, 0.2) is 18.2 Å². The molecule has 1 aromatic rings. The summed E-state index contributed by atoms with van der Waals surface area (Å²) in [7, 11) is 0. The first-order valence-electron chi connectivity index (χ1n) is 7.72. The quantitative estimate of drug-likeness (QED) is 0.713. The van der Waals surface area contributed by atoms with Crippen LogP contribution in [0.25, 0.3) is 0 Å². The summed E-state index contributed by atoms with van der Waals surface area (Å²) in [6.45, 7) is 10.7. The smallest absolute Gasteiger partial charge is 0.120 e. The molecule has 0 saturated heterocycles. The Hall–Kier alpha value is -0.730. The molecular formula is C17H28ClNO. The average molecular weight is 298 g/mol. The highest BCUT2D eigenvalue weighted by Crippen LogP contribution is 2.23. The van der Waals surface area contributed by atoms with Crippen molar-refractivity contribution in [2.24, 2.45) is 5.92 Å². The molecule has 0 bridgehead atoms. The minimum Gasteiger partial charge on any atom is -0.489 e. The van der Waals surface area contributed by atoms with Crippen LogP contribution in [-0.4, -0.2) is 19.2 Å². The molecule has 0 aromatic heterocycles. The highest BCUT2D eigenvalue weighted by molar-refractivity contribution is 6.31. The van der Waals surface area contributed by atoms with Gasteiger partial charge in [0.05, 0.1) is 0 Å². The van der Waals surface area contributed by atoms with Crippen molar-refractivity contribution in [1.82, 2.24) is 5.32 Å². The number of hydrogen-bond acceptors (Lipinski definition) is 2. The van der Waals surface area contributed by atoms with Crippen molar-refractivity contribution in [2.75, 3.05) is 13.1 Å². The SMILES string of the molecule is CCCC(CNCC(C)C)Oc1ccc(Cl)c(CC)c1. The van der Waals surface area contributed by atoms with Crippen LogP contribution < -0.4 is 10.1 Å². The summed E-state index contributed by atoms with van der Waals surface area (Å²) < 4.78 is 6.11. The molecule has 0 spiro atoms. The highest BCUT2D eigenvalue weighted by atomic mass is 35.5. The molecule has 2 nitrogen and oxygen atoms in total. The Labute approximate surface area is 128 Å². The van der Waals surface area contributed by atoms with Crippen LogP contribution in [0.5, 0.6) is 5.75 Å². The second kappa shape index (κ2) is 9.25. The van der Waals surface area contributed by atoms with Crippen LogP contribution in [0.2, 0.25) is 5.02 Å². The summed E-state index contributed by atoms with van der Waals surface area (Å²) in [5.41, 5.74) is 1.15. The van der Waals surface area contributed by atoms with Crippen LogP contribution in [-0.2, 0) is 6.42 Å². The molecule has 1 atom stereocenters. The Kier molecular flexibility index (Phi) is 8.01. The maximum absolute atomic E-state index is 6.14. The Bertz CT molecular complexity index is 393. The Morgan fingerprint density at radius 3 is 2.55 bits per heavy atom. The van der Waals surface area contributed by atoms with Crippen LogP contribution in [0.3, 0.4) is 0 Å². The fourth-order valence-electron chi connectivity index (χ4n) is 2.15. The fraction of sp³-hybridized carbons (Fsp3) is 0.647. The molecule has 0 aliphatic heterocycles. The van der Waals surface area contributed by atoms with Gasteiger partial charge in [0.15, 0.2) is 0 Å². The average Bonchev–Trinajstić information content (AvgIpc) is 2.40. The van der Waals surface area contributed by atoms with E-state index in [9.17, 15) is 0 Å². The molecular weight excluding hydrogens is 270 g/mol. The lowest BCUT2D eigenvalue weighted by molar-refractivity contribution is 0.185. The van der Waals surface area contributed by atoms with Gasteiger partial charge in [-0.3, -0.25) is 0 Å². The van der Waals surface area contributed by atoms with E-state index < -0.39 is 0 Å². The van der Waals surface area contributed by atoms with E-state index in [0.717, 1.165) is 48.7 Å². The fourth-order valence-corrected chi connectivity index (χ4v) is 2.40. The van der Waals surface area contributed by atoms with Gasteiger partial charge in [-0.1, -0.05) is 45.7 Å². The molecule has 20 heavy (non-hydrogen) atoms. The third kappa shape index (κ3) is 6.15. The molecule has 114 valence electrons. The molecule has 0 saturated carbocycles. The third-order valence-electron chi connectivity index (χ3n) is 3.24. The molecule has 1 rings (SSSR count). The Balaban J connectivity index is 2.60. The van der Waals surface area contributed by atoms with Crippen molar-refractivity contribution < 1.29 is 4.74 Å². The van der Waals surface area contributed by atoms with Crippen molar-refractivity contribution in [3.05, 3.63) is 28.8 Å².